The molecule has 1 N–H and O–H groups in total. The molecule has 0 fully saturated rings. The predicted molar refractivity (Wildman–Crippen MR) is 72.2 cm³/mol. The van der Waals surface area contributed by atoms with Crippen LogP contribution in [0.2, 0.25) is 4.34 Å². The molecule has 2 rings (SSSR count). The summed E-state index contributed by atoms with van der Waals surface area (Å²) in [6, 6.07) is 6.47. The number of hydrogen-bond acceptors (Lipinski definition) is 2. The van der Waals surface area contributed by atoms with Crippen LogP contribution in [0, 0.1) is 12.7 Å². The highest BCUT2D eigenvalue weighted by Gasteiger charge is 2.18. The van der Waals surface area contributed by atoms with Gasteiger partial charge >= 0.3 is 0 Å². The Hall–Kier alpha value is -0.420. The highest BCUT2D eigenvalue weighted by atomic mass is 79.9. The van der Waals surface area contributed by atoms with Crippen molar-refractivity contribution in [3.8, 4) is 0 Å². The molecule has 1 unspecified atom stereocenters. The number of rotatable bonds is 2. The Morgan fingerprint density at radius 2 is 2.12 bits per heavy atom. The molecule has 1 nitrogen and oxygen atoms in total. The minimum absolute atomic E-state index is 0.265. The van der Waals surface area contributed by atoms with Gasteiger partial charge < -0.3 is 5.11 Å². The molecule has 0 spiro atoms. The monoisotopic (exact) mass is 334 g/mol. The number of benzene rings is 1. The van der Waals surface area contributed by atoms with Gasteiger partial charge in [-0.2, -0.15) is 0 Å². The zero-order valence-corrected chi connectivity index (χ0v) is 12.0. The Labute approximate surface area is 116 Å². The van der Waals surface area contributed by atoms with Crippen molar-refractivity contribution in [2.45, 2.75) is 13.0 Å². The fourth-order valence-electron chi connectivity index (χ4n) is 1.51. The first-order valence-electron chi connectivity index (χ1n) is 4.88. The Bertz CT molecular complexity index is 536. The molecule has 1 atom stereocenters. The van der Waals surface area contributed by atoms with Crippen molar-refractivity contribution in [2.24, 2.45) is 0 Å². The van der Waals surface area contributed by atoms with Crippen LogP contribution in [0.4, 0.5) is 4.39 Å². The van der Waals surface area contributed by atoms with Crippen LogP contribution < -0.4 is 0 Å². The van der Waals surface area contributed by atoms with E-state index < -0.39 is 11.9 Å². The van der Waals surface area contributed by atoms with Crippen molar-refractivity contribution in [3.05, 3.63) is 54.9 Å². The van der Waals surface area contributed by atoms with Gasteiger partial charge in [-0.25, -0.2) is 4.39 Å². The highest BCUT2D eigenvalue weighted by molar-refractivity contribution is 9.10. The van der Waals surface area contributed by atoms with E-state index in [9.17, 15) is 9.50 Å². The first kappa shape index (κ1) is 13.0. The van der Waals surface area contributed by atoms with Gasteiger partial charge in [-0.1, -0.05) is 23.7 Å². The molecule has 0 aliphatic rings. The molecular formula is C12H9BrClFOS. The average molecular weight is 336 g/mol. The summed E-state index contributed by atoms with van der Waals surface area (Å²) in [4.78, 5) is 0.615. The van der Waals surface area contributed by atoms with Crippen LogP contribution in [0.25, 0.3) is 0 Å². The smallest absolute Gasteiger partial charge is 0.129 e. The fourth-order valence-corrected chi connectivity index (χ4v) is 3.25. The van der Waals surface area contributed by atoms with Crippen molar-refractivity contribution in [2.75, 3.05) is 0 Å². The lowest BCUT2D eigenvalue weighted by Crippen LogP contribution is -2.00. The Morgan fingerprint density at radius 1 is 1.41 bits per heavy atom. The second kappa shape index (κ2) is 5.06. The van der Waals surface area contributed by atoms with E-state index in [0.29, 0.717) is 13.7 Å². The van der Waals surface area contributed by atoms with Crippen LogP contribution in [0.3, 0.4) is 0 Å². The lowest BCUT2D eigenvalue weighted by atomic mass is 10.1. The fraction of sp³-hybridized carbons (Fsp3) is 0.167. The summed E-state index contributed by atoms with van der Waals surface area (Å²) < 4.78 is 15.0. The summed E-state index contributed by atoms with van der Waals surface area (Å²) in [7, 11) is 0. The molecule has 1 aromatic carbocycles. The standard InChI is InChI=1S/C12H9BrClFOS/c1-6-2-3-7(9(15)4-6)11(16)10-5-8(13)12(14)17-10/h2-5,11,16H,1H3. The van der Waals surface area contributed by atoms with E-state index in [-0.39, 0.29) is 5.56 Å². The van der Waals surface area contributed by atoms with Gasteiger partial charge in [0.2, 0.25) is 0 Å². The summed E-state index contributed by atoms with van der Waals surface area (Å²) in [6.45, 7) is 1.80. The van der Waals surface area contributed by atoms with Gasteiger partial charge in [-0.3, -0.25) is 0 Å². The van der Waals surface area contributed by atoms with Crippen LogP contribution in [0.5, 0.6) is 0 Å². The molecule has 17 heavy (non-hydrogen) atoms. The van der Waals surface area contributed by atoms with Crippen LogP contribution in [0.1, 0.15) is 22.1 Å². The topological polar surface area (TPSA) is 20.2 Å². The van der Waals surface area contributed by atoms with E-state index in [1.54, 1.807) is 25.1 Å². The summed E-state index contributed by atoms with van der Waals surface area (Å²) >= 11 is 10.4. The lowest BCUT2D eigenvalue weighted by Gasteiger charge is -2.10. The third-order valence-electron chi connectivity index (χ3n) is 2.38. The average Bonchev–Trinajstić information content (AvgIpc) is 2.58. The molecule has 0 bridgehead atoms. The Morgan fingerprint density at radius 3 is 2.65 bits per heavy atom. The van der Waals surface area contributed by atoms with E-state index in [1.807, 2.05) is 0 Å². The van der Waals surface area contributed by atoms with Crippen molar-refractivity contribution in [1.29, 1.82) is 0 Å². The number of aliphatic hydroxyl groups is 1. The highest BCUT2D eigenvalue weighted by Crippen LogP contribution is 2.37. The molecule has 2 aromatic rings. The van der Waals surface area contributed by atoms with E-state index in [0.717, 1.165) is 5.56 Å². The van der Waals surface area contributed by atoms with Crippen molar-refractivity contribution < 1.29 is 9.50 Å². The summed E-state index contributed by atoms with van der Waals surface area (Å²) in [6.07, 6.45) is -0.982. The number of hydrogen-bond donors (Lipinski definition) is 1. The van der Waals surface area contributed by atoms with E-state index in [1.165, 1.54) is 17.4 Å². The molecule has 0 radical (unpaired) electrons. The van der Waals surface area contributed by atoms with Gasteiger partial charge in [0.25, 0.3) is 0 Å². The number of halogens is 3. The molecule has 5 heteroatoms. The third-order valence-corrected chi connectivity index (χ3v) is 4.91. The van der Waals surface area contributed by atoms with E-state index >= 15 is 0 Å². The van der Waals surface area contributed by atoms with Gasteiger partial charge in [-0.05, 0) is 40.5 Å². The molecule has 1 heterocycles. The summed E-state index contributed by atoms with van der Waals surface area (Å²) in [5.41, 5.74) is 1.09. The van der Waals surface area contributed by atoms with Gasteiger partial charge in [0.05, 0.1) is 0 Å². The number of aryl methyl sites for hydroxylation is 1. The number of thiophene rings is 1. The van der Waals surface area contributed by atoms with Crippen molar-refractivity contribution in [1.82, 2.24) is 0 Å². The normalized spacial score (nSPS) is 12.8. The second-order valence-electron chi connectivity index (χ2n) is 3.70. The second-order valence-corrected chi connectivity index (χ2v) is 6.24. The zero-order valence-electron chi connectivity index (χ0n) is 8.88. The maximum absolute atomic E-state index is 13.7. The molecular weight excluding hydrogens is 327 g/mol. The molecule has 0 aliphatic heterocycles. The lowest BCUT2D eigenvalue weighted by molar-refractivity contribution is 0.218. The largest absolute Gasteiger partial charge is 0.383 e. The molecule has 0 saturated carbocycles. The molecule has 1 aromatic heterocycles. The first-order chi connectivity index (χ1) is 7.99. The number of aliphatic hydroxyl groups excluding tert-OH is 1. The molecule has 90 valence electrons. The van der Waals surface area contributed by atoms with Gasteiger partial charge in [0, 0.05) is 14.9 Å². The van der Waals surface area contributed by atoms with E-state index in [2.05, 4.69) is 15.9 Å². The zero-order chi connectivity index (χ0) is 12.6. The first-order valence-corrected chi connectivity index (χ1v) is 6.86. The Kier molecular flexibility index (Phi) is 3.88. The molecule has 0 saturated heterocycles. The van der Waals surface area contributed by atoms with Crippen molar-refractivity contribution in [3.63, 3.8) is 0 Å². The molecule has 0 aliphatic carbocycles. The van der Waals surface area contributed by atoms with E-state index in [4.69, 9.17) is 11.6 Å². The maximum Gasteiger partial charge on any atom is 0.129 e. The van der Waals surface area contributed by atoms with Crippen LogP contribution in [-0.2, 0) is 0 Å². The van der Waals surface area contributed by atoms with Gasteiger partial charge in [0.15, 0.2) is 0 Å². The maximum atomic E-state index is 13.7. The summed E-state index contributed by atoms with van der Waals surface area (Å²) in [5.74, 6) is -0.404. The van der Waals surface area contributed by atoms with Crippen LogP contribution >= 0.6 is 38.9 Å². The van der Waals surface area contributed by atoms with Gasteiger partial charge in [-0.15, -0.1) is 11.3 Å². The van der Waals surface area contributed by atoms with Crippen LogP contribution in [-0.4, -0.2) is 5.11 Å². The summed E-state index contributed by atoms with van der Waals surface area (Å²) in [5, 5.41) is 10.1. The quantitative estimate of drug-likeness (QED) is 0.844. The Balaban J connectivity index is 2.39. The SMILES string of the molecule is Cc1ccc(C(O)c2cc(Br)c(Cl)s2)c(F)c1. The minimum Gasteiger partial charge on any atom is -0.383 e. The van der Waals surface area contributed by atoms with Crippen LogP contribution in [0.15, 0.2) is 28.7 Å². The minimum atomic E-state index is -0.982. The van der Waals surface area contributed by atoms with Crippen molar-refractivity contribution >= 4 is 38.9 Å². The molecule has 0 amide bonds. The third kappa shape index (κ3) is 2.71. The predicted octanol–water partition coefficient (Wildman–Crippen LogP) is 4.69. The van der Waals surface area contributed by atoms with Gasteiger partial charge in [0.1, 0.15) is 16.3 Å².